The maximum Gasteiger partial charge on any atom is 0.266 e. The molecule has 1 aromatic heterocycles. The fourth-order valence-corrected chi connectivity index (χ4v) is 3.42. The van der Waals surface area contributed by atoms with E-state index in [9.17, 15) is 14.4 Å². The minimum absolute atomic E-state index is 0.0254. The number of nitrogens with one attached hydrogen (secondary N) is 2. The second kappa shape index (κ2) is 8.90. The molecule has 0 spiro atoms. The summed E-state index contributed by atoms with van der Waals surface area (Å²) >= 11 is 7.13. The average molecular weight is 417 g/mol. The number of halogens is 1. The molecule has 1 heterocycles. The normalized spacial score (nSPS) is 10.6. The minimum Gasteiger partial charge on any atom is -0.273 e. The monoisotopic (exact) mass is 416 g/mol. The summed E-state index contributed by atoms with van der Waals surface area (Å²) in [5, 5.41) is 1.20. The van der Waals surface area contributed by atoms with Gasteiger partial charge >= 0.3 is 0 Å². The molecule has 0 radical (unpaired) electrons. The van der Waals surface area contributed by atoms with Crippen LogP contribution in [0.5, 0.6) is 0 Å². The van der Waals surface area contributed by atoms with Gasteiger partial charge < -0.3 is 0 Å². The molecule has 0 unspecified atom stereocenters. The zero-order valence-electron chi connectivity index (χ0n) is 14.9. The minimum atomic E-state index is -0.406. The van der Waals surface area contributed by atoms with Crippen LogP contribution in [0.3, 0.4) is 0 Å². The van der Waals surface area contributed by atoms with Gasteiger partial charge in [0.15, 0.2) is 5.16 Å². The van der Waals surface area contributed by atoms with Gasteiger partial charge in [0, 0.05) is 11.4 Å². The Kier molecular flexibility index (Phi) is 6.33. The predicted octanol–water partition coefficient (Wildman–Crippen LogP) is 2.69. The molecule has 2 aromatic carbocycles. The van der Waals surface area contributed by atoms with Crippen molar-refractivity contribution in [1.82, 2.24) is 20.4 Å². The first kappa shape index (κ1) is 19.9. The fraction of sp³-hybridized carbons (Fsp3) is 0.158. The van der Waals surface area contributed by atoms with Crippen LogP contribution in [-0.2, 0) is 9.59 Å². The highest BCUT2D eigenvalue weighted by atomic mass is 35.5. The zero-order valence-corrected chi connectivity index (χ0v) is 16.5. The number of carbonyl (C=O) groups excluding carboxylic acids is 2. The second-order valence-corrected chi connectivity index (χ2v) is 7.15. The van der Waals surface area contributed by atoms with Crippen molar-refractivity contribution in [2.45, 2.75) is 18.5 Å². The highest BCUT2D eigenvalue weighted by molar-refractivity contribution is 7.99. The van der Waals surface area contributed by atoms with Crippen LogP contribution in [0.2, 0.25) is 5.02 Å². The van der Waals surface area contributed by atoms with Crippen LogP contribution in [0.1, 0.15) is 13.3 Å². The Bertz CT molecular complexity index is 1090. The van der Waals surface area contributed by atoms with Crippen molar-refractivity contribution in [2.24, 2.45) is 0 Å². The second-order valence-electron chi connectivity index (χ2n) is 5.77. The molecule has 144 valence electrons. The van der Waals surface area contributed by atoms with Gasteiger partial charge in [0.1, 0.15) is 0 Å². The topological polar surface area (TPSA) is 93.1 Å². The number of nitrogens with zero attached hydrogens (tertiary/aromatic N) is 2. The van der Waals surface area contributed by atoms with Crippen molar-refractivity contribution < 1.29 is 9.59 Å². The number of hydrogen-bond donors (Lipinski definition) is 2. The van der Waals surface area contributed by atoms with E-state index >= 15 is 0 Å². The van der Waals surface area contributed by atoms with Gasteiger partial charge in [-0.2, -0.15) is 0 Å². The number of hydrogen-bond acceptors (Lipinski definition) is 5. The first-order valence-electron chi connectivity index (χ1n) is 8.48. The largest absolute Gasteiger partial charge is 0.273 e. The molecule has 0 atom stereocenters. The highest BCUT2D eigenvalue weighted by Crippen LogP contribution is 2.22. The Morgan fingerprint density at radius 2 is 1.82 bits per heavy atom. The summed E-state index contributed by atoms with van der Waals surface area (Å²) in [7, 11) is 0. The summed E-state index contributed by atoms with van der Waals surface area (Å²) in [5.74, 6) is -0.723. The molecule has 0 fully saturated rings. The van der Waals surface area contributed by atoms with Gasteiger partial charge in [-0.15, -0.1) is 0 Å². The predicted molar refractivity (Wildman–Crippen MR) is 110 cm³/mol. The van der Waals surface area contributed by atoms with E-state index in [1.165, 1.54) is 4.57 Å². The molecular weight excluding hydrogens is 400 g/mol. The maximum absolute atomic E-state index is 13.1. The smallest absolute Gasteiger partial charge is 0.266 e. The summed E-state index contributed by atoms with van der Waals surface area (Å²) in [6.07, 6.45) is 0.260. The summed E-state index contributed by atoms with van der Waals surface area (Å²) in [4.78, 5) is 40.9. The molecule has 2 amide bonds. The van der Waals surface area contributed by atoms with Gasteiger partial charge in [-0.1, -0.05) is 48.5 Å². The molecule has 0 bridgehead atoms. The van der Waals surface area contributed by atoms with Gasteiger partial charge in [0.05, 0.1) is 22.3 Å². The van der Waals surface area contributed by atoms with Gasteiger partial charge in [0.25, 0.3) is 5.56 Å². The first-order valence-corrected chi connectivity index (χ1v) is 9.84. The van der Waals surface area contributed by atoms with Crippen molar-refractivity contribution >= 4 is 46.1 Å². The van der Waals surface area contributed by atoms with E-state index in [1.54, 1.807) is 37.3 Å². The van der Waals surface area contributed by atoms with Crippen LogP contribution in [-0.4, -0.2) is 27.1 Å². The molecule has 0 aliphatic rings. The van der Waals surface area contributed by atoms with E-state index in [2.05, 4.69) is 15.8 Å². The fourth-order valence-electron chi connectivity index (χ4n) is 2.43. The lowest BCUT2D eigenvalue weighted by Gasteiger charge is -2.13. The SMILES string of the molecule is CCC(=O)NNC(=O)CSc1nc2ccc(Cl)cc2c(=O)n1-c1ccccc1. The number of amides is 2. The first-order chi connectivity index (χ1) is 13.5. The van der Waals surface area contributed by atoms with Crippen LogP contribution in [0.15, 0.2) is 58.5 Å². The number of para-hydroxylation sites is 1. The van der Waals surface area contributed by atoms with E-state index in [-0.39, 0.29) is 23.6 Å². The third kappa shape index (κ3) is 4.52. The Morgan fingerprint density at radius 3 is 2.54 bits per heavy atom. The number of aromatic nitrogens is 2. The number of hydrazine groups is 1. The Labute approximate surface area is 170 Å². The molecule has 0 saturated heterocycles. The van der Waals surface area contributed by atoms with Crippen LogP contribution >= 0.6 is 23.4 Å². The molecule has 0 aliphatic carbocycles. The molecule has 0 aliphatic heterocycles. The number of benzene rings is 2. The van der Waals surface area contributed by atoms with E-state index in [0.29, 0.717) is 26.8 Å². The molecule has 2 N–H and O–H groups in total. The highest BCUT2D eigenvalue weighted by Gasteiger charge is 2.15. The number of carbonyl (C=O) groups is 2. The van der Waals surface area contributed by atoms with Crippen molar-refractivity contribution in [3.63, 3.8) is 0 Å². The third-order valence-corrected chi connectivity index (χ3v) is 4.98. The van der Waals surface area contributed by atoms with E-state index in [4.69, 9.17) is 11.6 Å². The maximum atomic E-state index is 13.1. The van der Waals surface area contributed by atoms with Gasteiger partial charge in [0.2, 0.25) is 11.8 Å². The summed E-state index contributed by atoms with van der Waals surface area (Å²) < 4.78 is 1.45. The van der Waals surface area contributed by atoms with Crippen molar-refractivity contribution in [3.8, 4) is 5.69 Å². The number of rotatable bonds is 5. The molecule has 0 saturated carbocycles. The molecule has 28 heavy (non-hydrogen) atoms. The standard InChI is InChI=1S/C19H17ClN4O3S/c1-2-16(25)22-23-17(26)11-28-19-21-15-9-8-12(20)10-14(15)18(27)24(19)13-6-4-3-5-7-13/h3-10H,2,11H2,1H3,(H,22,25)(H,23,26). The average Bonchev–Trinajstić information content (AvgIpc) is 2.71. The van der Waals surface area contributed by atoms with Crippen LogP contribution in [0, 0.1) is 0 Å². The quantitative estimate of drug-likeness (QED) is 0.379. The Hall–Kier alpha value is -2.84. The number of thioether (sulfide) groups is 1. The van der Waals surface area contributed by atoms with E-state index < -0.39 is 5.91 Å². The summed E-state index contributed by atoms with van der Waals surface area (Å²) in [5.41, 5.74) is 5.48. The van der Waals surface area contributed by atoms with E-state index in [1.807, 2.05) is 18.2 Å². The van der Waals surface area contributed by atoms with Crippen LogP contribution in [0.4, 0.5) is 0 Å². The molecular formula is C19H17ClN4O3S. The van der Waals surface area contributed by atoms with Crippen LogP contribution in [0.25, 0.3) is 16.6 Å². The summed E-state index contributed by atoms with van der Waals surface area (Å²) in [6, 6.07) is 13.9. The zero-order chi connectivity index (χ0) is 20.1. The van der Waals surface area contributed by atoms with Crippen molar-refractivity contribution in [1.29, 1.82) is 0 Å². The third-order valence-electron chi connectivity index (χ3n) is 3.81. The Balaban J connectivity index is 1.96. The van der Waals surface area contributed by atoms with Crippen LogP contribution < -0.4 is 16.4 Å². The van der Waals surface area contributed by atoms with Crippen molar-refractivity contribution in [3.05, 3.63) is 63.9 Å². The van der Waals surface area contributed by atoms with Gasteiger partial charge in [-0.25, -0.2) is 4.98 Å². The van der Waals surface area contributed by atoms with Gasteiger partial charge in [-0.05, 0) is 30.3 Å². The lowest BCUT2D eigenvalue weighted by Crippen LogP contribution is -2.42. The number of fused-ring (bicyclic) bond motifs is 1. The summed E-state index contributed by atoms with van der Waals surface area (Å²) in [6.45, 7) is 1.68. The van der Waals surface area contributed by atoms with Gasteiger partial charge in [-0.3, -0.25) is 29.8 Å². The molecule has 9 heteroatoms. The Morgan fingerprint density at radius 1 is 1.11 bits per heavy atom. The lowest BCUT2D eigenvalue weighted by molar-refractivity contribution is -0.127. The molecule has 3 aromatic rings. The molecule has 3 rings (SSSR count). The van der Waals surface area contributed by atoms with E-state index in [0.717, 1.165) is 11.8 Å². The lowest BCUT2D eigenvalue weighted by atomic mass is 10.2. The molecule has 7 nitrogen and oxygen atoms in total. The van der Waals surface area contributed by atoms with Crippen molar-refractivity contribution in [2.75, 3.05) is 5.75 Å².